The Morgan fingerprint density at radius 1 is 1.56 bits per heavy atom. The van der Waals surface area contributed by atoms with Gasteiger partial charge in [-0.05, 0) is 26.7 Å². The van der Waals surface area contributed by atoms with Crippen LogP contribution >= 0.6 is 0 Å². The SMILES string of the molecule is CCC(C)(CC)NC(=O)C1(C)COCC1N. The molecule has 1 fully saturated rings. The van der Waals surface area contributed by atoms with Crippen LogP contribution < -0.4 is 11.1 Å². The van der Waals surface area contributed by atoms with Crippen molar-refractivity contribution in [3.8, 4) is 0 Å². The van der Waals surface area contributed by atoms with E-state index in [4.69, 9.17) is 10.5 Å². The molecular formula is C12H24N2O2. The molecule has 16 heavy (non-hydrogen) atoms. The molecular weight excluding hydrogens is 204 g/mol. The number of nitrogens with two attached hydrogens (primary N) is 1. The van der Waals surface area contributed by atoms with E-state index >= 15 is 0 Å². The predicted octanol–water partition coefficient (Wildman–Crippen LogP) is 1.05. The Morgan fingerprint density at radius 2 is 2.12 bits per heavy atom. The number of rotatable bonds is 4. The van der Waals surface area contributed by atoms with E-state index in [0.29, 0.717) is 13.2 Å². The summed E-state index contributed by atoms with van der Waals surface area (Å²) in [5.74, 6) is 0.0173. The molecule has 0 aliphatic carbocycles. The van der Waals surface area contributed by atoms with Gasteiger partial charge in [-0.2, -0.15) is 0 Å². The van der Waals surface area contributed by atoms with Gasteiger partial charge in [-0.25, -0.2) is 0 Å². The first-order valence-electron chi connectivity index (χ1n) is 6.04. The normalized spacial score (nSPS) is 30.4. The monoisotopic (exact) mass is 228 g/mol. The molecule has 2 unspecified atom stereocenters. The minimum atomic E-state index is -0.578. The average Bonchev–Trinajstić information content (AvgIpc) is 2.60. The van der Waals surface area contributed by atoms with Gasteiger partial charge in [0, 0.05) is 11.6 Å². The number of amides is 1. The standard InChI is InChI=1S/C12H24N2O2/c1-5-11(3,6-2)14-10(15)12(4)8-16-7-9(12)13/h9H,5-8,13H2,1-4H3,(H,14,15). The van der Waals surface area contributed by atoms with E-state index in [1.165, 1.54) is 0 Å². The van der Waals surface area contributed by atoms with Gasteiger partial charge in [-0.3, -0.25) is 4.79 Å². The van der Waals surface area contributed by atoms with Crippen molar-refractivity contribution in [3.63, 3.8) is 0 Å². The summed E-state index contributed by atoms with van der Waals surface area (Å²) in [6, 6.07) is -0.203. The van der Waals surface area contributed by atoms with Crippen LogP contribution in [-0.2, 0) is 9.53 Å². The van der Waals surface area contributed by atoms with Crippen molar-refractivity contribution >= 4 is 5.91 Å². The van der Waals surface area contributed by atoms with E-state index in [1.807, 2.05) is 6.92 Å². The van der Waals surface area contributed by atoms with Gasteiger partial charge < -0.3 is 15.8 Å². The molecule has 1 amide bonds. The smallest absolute Gasteiger partial charge is 0.230 e. The lowest BCUT2D eigenvalue weighted by Gasteiger charge is -2.34. The Kier molecular flexibility index (Phi) is 3.97. The minimum Gasteiger partial charge on any atom is -0.379 e. The molecule has 1 heterocycles. The van der Waals surface area contributed by atoms with Crippen LogP contribution in [0.5, 0.6) is 0 Å². The zero-order chi connectivity index (χ0) is 12.4. The number of carbonyl (C=O) groups excluding carboxylic acids is 1. The van der Waals surface area contributed by atoms with Crippen LogP contribution in [0.4, 0.5) is 0 Å². The lowest BCUT2D eigenvalue weighted by atomic mass is 9.83. The van der Waals surface area contributed by atoms with Crippen molar-refractivity contribution in [3.05, 3.63) is 0 Å². The van der Waals surface area contributed by atoms with Crippen molar-refractivity contribution in [1.29, 1.82) is 0 Å². The van der Waals surface area contributed by atoms with Crippen LogP contribution in [-0.4, -0.2) is 30.7 Å². The molecule has 0 radical (unpaired) electrons. The third kappa shape index (κ3) is 2.38. The maximum atomic E-state index is 12.2. The van der Waals surface area contributed by atoms with Crippen LogP contribution in [0.15, 0.2) is 0 Å². The van der Waals surface area contributed by atoms with Crippen LogP contribution in [0, 0.1) is 5.41 Å². The van der Waals surface area contributed by atoms with Crippen molar-refractivity contribution in [2.45, 2.75) is 52.1 Å². The number of carbonyl (C=O) groups is 1. The largest absolute Gasteiger partial charge is 0.379 e. The molecule has 0 spiro atoms. The van der Waals surface area contributed by atoms with E-state index in [2.05, 4.69) is 26.1 Å². The first kappa shape index (κ1) is 13.5. The van der Waals surface area contributed by atoms with Gasteiger partial charge in [0.05, 0.1) is 18.6 Å². The number of ether oxygens (including phenoxy) is 1. The number of nitrogens with one attached hydrogen (secondary N) is 1. The Morgan fingerprint density at radius 3 is 2.50 bits per heavy atom. The van der Waals surface area contributed by atoms with Gasteiger partial charge in [-0.1, -0.05) is 13.8 Å². The molecule has 2 atom stereocenters. The average molecular weight is 228 g/mol. The number of hydrogen-bond donors (Lipinski definition) is 2. The topological polar surface area (TPSA) is 64.3 Å². The summed E-state index contributed by atoms with van der Waals surface area (Å²) >= 11 is 0. The van der Waals surface area contributed by atoms with Crippen LogP contribution in [0.25, 0.3) is 0 Å². The summed E-state index contributed by atoms with van der Waals surface area (Å²) in [5, 5.41) is 3.11. The summed E-state index contributed by atoms with van der Waals surface area (Å²) in [7, 11) is 0. The molecule has 0 aromatic rings. The van der Waals surface area contributed by atoms with Crippen molar-refractivity contribution in [2.75, 3.05) is 13.2 Å². The third-order valence-electron chi connectivity index (χ3n) is 4.01. The summed E-state index contributed by atoms with van der Waals surface area (Å²) in [6.45, 7) is 9.00. The third-order valence-corrected chi connectivity index (χ3v) is 4.01. The highest BCUT2D eigenvalue weighted by atomic mass is 16.5. The van der Waals surface area contributed by atoms with Crippen molar-refractivity contribution < 1.29 is 9.53 Å². The highest BCUT2D eigenvalue weighted by Gasteiger charge is 2.45. The van der Waals surface area contributed by atoms with E-state index in [-0.39, 0.29) is 17.5 Å². The van der Waals surface area contributed by atoms with Gasteiger partial charge in [0.1, 0.15) is 0 Å². The van der Waals surface area contributed by atoms with Gasteiger partial charge >= 0.3 is 0 Å². The Balaban J connectivity index is 2.71. The molecule has 1 aliphatic rings. The van der Waals surface area contributed by atoms with E-state index in [9.17, 15) is 4.79 Å². The van der Waals surface area contributed by atoms with Gasteiger partial charge in [0.15, 0.2) is 0 Å². The molecule has 0 aromatic heterocycles. The molecule has 4 heteroatoms. The molecule has 1 rings (SSSR count). The molecule has 94 valence electrons. The first-order chi connectivity index (χ1) is 7.38. The molecule has 1 aliphatic heterocycles. The summed E-state index contributed by atoms with van der Waals surface area (Å²) in [6.07, 6.45) is 1.84. The Labute approximate surface area is 97.9 Å². The maximum Gasteiger partial charge on any atom is 0.230 e. The number of hydrogen-bond acceptors (Lipinski definition) is 3. The second-order valence-corrected chi connectivity index (χ2v) is 5.26. The minimum absolute atomic E-state index is 0.0173. The summed E-state index contributed by atoms with van der Waals surface area (Å²) in [5.41, 5.74) is 5.22. The summed E-state index contributed by atoms with van der Waals surface area (Å²) < 4.78 is 5.29. The second-order valence-electron chi connectivity index (χ2n) is 5.26. The second kappa shape index (κ2) is 4.72. The quantitative estimate of drug-likeness (QED) is 0.756. The molecule has 4 nitrogen and oxygen atoms in total. The first-order valence-corrected chi connectivity index (χ1v) is 6.04. The van der Waals surface area contributed by atoms with Crippen LogP contribution in [0.2, 0.25) is 0 Å². The predicted molar refractivity (Wildman–Crippen MR) is 64.0 cm³/mol. The van der Waals surface area contributed by atoms with E-state index in [0.717, 1.165) is 12.8 Å². The van der Waals surface area contributed by atoms with E-state index < -0.39 is 5.41 Å². The molecule has 0 saturated carbocycles. The van der Waals surface area contributed by atoms with Crippen LogP contribution in [0.3, 0.4) is 0 Å². The highest BCUT2D eigenvalue weighted by Crippen LogP contribution is 2.28. The fraction of sp³-hybridized carbons (Fsp3) is 0.917. The molecule has 0 aromatic carbocycles. The van der Waals surface area contributed by atoms with E-state index in [1.54, 1.807) is 0 Å². The lowest BCUT2D eigenvalue weighted by molar-refractivity contribution is -0.132. The molecule has 1 saturated heterocycles. The summed E-state index contributed by atoms with van der Waals surface area (Å²) in [4.78, 5) is 12.2. The zero-order valence-electron chi connectivity index (χ0n) is 10.8. The lowest BCUT2D eigenvalue weighted by Crippen LogP contribution is -2.56. The maximum absolute atomic E-state index is 12.2. The Bertz CT molecular complexity index is 264. The zero-order valence-corrected chi connectivity index (χ0v) is 10.8. The van der Waals surface area contributed by atoms with Crippen molar-refractivity contribution in [2.24, 2.45) is 11.1 Å². The molecule has 3 N–H and O–H groups in total. The van der Waals surface area contributed by atoms with Crippen molar-refractivity contribution in [1.82, 2.24) is 5.32 Å². The molecule has 0 bridgehead atoms. The van der Waals surface area contributed by atoms with Gasteiger partial charge in [0.25, 0.3) is 0 Å². The van der Waals surface area contributed by atoms with Crippen LogP contribution in [0.1, 0.15) is 40.5 Å². The fourth-order valence-corrected chi connectivity index (χ4v) is 1.77. The Hall–Kier alpha value is -0.610. The van der Waals surface area contributed by atoms with Gasteiger partial charge in [-0.15, -0.1) is 0 Å². The van der Waals surface area contributed by atoms with Gasteiger partial charge in [0.2, 0.25) is 5.91 Å². The highest BCUT2D eigenvalue weighted by molar-refractivity contribution is 5.84. The fourth-order valence-electron chi connectivity index (χ4n) is 1.77.